The lowest BCUT2D eigenvalue weighted by Gasteiger charge is -2.16. The molecule has 0 aromatic heterocycles. The van der Waals surface area contributed by atoms with E-state index in [1.165, 1.54) is 9.80 Å². The summed E-state index contributed by atoms with van der Waals surface area (Å²) in [4.78, 5) is 18.6. The molecule has 1 aromatic carbocycles. The average Bonchev–Trinajstić information content (AvgIpc) is 2.29. The first-order valence-corrected chi connectivity index (χ1v) is 5.09. The van der Waals surface area contributed by atoms with Gasteiger partial charge in [-0.05, 0) is 5.56 Å². The summed E-state index contributed by atoms with van der Waals surface area (Å²) >= 11 is 0. The van der Waals surface area contributed by atoms with Gasteiger partial charge in [-0.1, -0.05) is 30.3 Å². The highest BCUT2D eigenvalue weighted by Gasteiger charge is 2.06. The molecule has 4 heteroatoms. The third-order valence-corrected chi connectivity index (χ3v) is 2.06. The Morgan fingerprint density at radius 2 is 1.88 bits per heavy atom. The van der Waals surface area contributed by atoms with Crippen LogP contribution in [0.2, 0.25) is 0 Å². The Bertz CT molecular complexity index is 360. The van der Waals surface area contributed by atoms with Crippen LogP contribution in [0.15, 0.2) is 35.3 Å². The first-order chi connectivity index (χ1) is 7.61. The van der Waals surface area contributed by atoms with Crippen molar-refractivity contribution in [2.24, 2.45) is 4.99 Å². The van der Waals surface area contributed by atoms with Crippen molar-refractivity contribution in [1.82, 2.24) is 9.80 Å². The van der Waals surface area contributed by atoms with E-state index in [-0.39, 0.29) is 6.03 Å². The van der Waals surface area contributed by atoms with Crippen LogP contribution in [0.25, 0.3) is 0 Å². The molecule has 2 amide bonds. The highest BCUT2D eigenvalue weighted by atomic mass is 16.2. The molecule has 0 heterocycles. The zero-order valence-corrected chi connectivity index (χ0v) is 9.92. The number of hydrogen-bond acceptors (Lipinski definition) is 2. The van der Waals surface area contributed by atoms with Gasteiger partial charge in [0.15, 0.2) is 0 Å². The van der Waals surface area contributed by atoms with Crippen molar-refractivity contribution < 1.29 is 4.79 Å². The summed E-state index contributed by atoms with van der Waals surface area (Å²) in [5.74, 6) is 0. The highest BCUT2D eigenvalue weighted by Crippen LogP contribution is 1.99. The number of hydrogen-bond donors (Lipinski definition) is 0. The summed E-state index contributed by atoms with van der Waals surface area (Å²) in [5, 5.41) is 0. The van der Waals surface area contributed by atoms with Crippen LogP contribution in [0, 0.1) is 0 Å². The lowest BCUT2D eigenvalue weighted by atomic mass is 10.2. The van der Waals surface area contributed by atoms with Crippen LogP contribution >= 0.6 is 0 Å². The van der Waals surface area contributed by atoms with Crippen molar-refractivity contribution in [2.75, 3.05) is 21.1 Å². The minimum Gasteiger partial charge on any atom is -0.330 e. The van der Waals surface area contributed by atoms with Crippen molar-refractivity contribution >= 4 is 12.4 Å². The molecule has 0 unspecified atom stereocenters. The van der Waals surface area contributed by atoms with Crippen LogP contribution in [0.5, 0.6) is 0 Å². The Morgan fingerprint density at radius 3 is 2.44 bits per heavy atom. The molecule has 0 aliphatic carbocycles. The van der Waals surface area contributed by atoms with Crippen molar-refractivity contribution in [3.63, 3.8) is 0 Å². The second kappa shape index (κ2) is 5.90. The Balaban J connectivity index is 2.46. The Hall–Kier alpha value is -1.84. The first-order valence-electron chi connectivity index (χ1n) is 5.09. The average molecular weight is 219 g/mol. The summed E-state index contributed by atoms with van der Waals surface area (Å²) in [6.45, 7) is 0.589. The predicted octanol–water partition coefficient (Wildman–Crippen LogP) is 1.83. The fourth-order valence-corrected chi connectivity index (χ4v) is 1.22. The van der Waals surface area contributed by atoms with E-state index in [1.54, 1.807) is 27.5 Å². The maximum absolute atomic E-state index is 11.4. The standard InChI is InChI=1S/C12H17N3O/c1-14(2)12(16)15(3)10-13-9-11-7-5-4-6-8-11/h4-8,10H,9H2,1-3H3. The molecule has 0 aliphatic rings. The SMILES string of the molecule is CN(C)C(=O)N(C)C=NCc1ccccc1. The van der Waals surface area contributed by atoms with Gasteiger partial charge in [-0.2, -0.15) is 0 Å². The zero-order valence-electron chi connectivity index (χ0n) is 9.92. The molecule has 86 valence electrons. The van der Waals surface area contributed by atoms with E-state index in [0.717, 1.165) is 5.56 Å². The molecule has 1 aromatic rings. The third kappa shape index (κ3) is 3.73. The van der Waals surface area contributed by atoms with E-state index in [4.69, 9.17) is 0 Å². The van der Waals surface area contributed by atoms with Gasteiger partial charge in [-0.25, -0.2) is 4.79 Å². The number of urea groups is 1. The second-order valence-electron chi connectivity index (χ2n) is 3.73. The fraction of sp³-hybridized carbons (Fsp3) is 0.333. The second-order valence-corrected chi connectivity index (χ2v) is 3.73. The molecule has 4 nitrogen and oxygen atoms in total. The first kappa shape index (κ1) is 12.2. The zero-order chi connectivity index (χ0) is 12.0. The van der Waals surface area contributed by atoms with Gasteiger partial charge in [0, 0.05) is 21.1 Å². The smallest absolute Gasteiger partial charge is 0.324 e. The molecule has 16 heavy (non-hydrogen) atoms. The Kier molecular flexibility index (Phi) is 4.51. The van der Waals surface area contributed by atoms with E-state index in [2.05, 4.69) is 4.99 Å². The van der Waals surface area contributed by atoms with Crippen molar-refractivity contribution in [3.8, 4) is 0 Å². The van der Waals surface area contributed by atoms with Gasteiger partial charge >= 0.3 is 6.03 Å². The fourth-order valence-electron chi connectivity index (χ4n) is 1.22. The maximum atomic E-state index is 11.4. The lowest BCUT2D eigenvalue weighted by molar-refractivity contribution is 0.201. The highest BCUT2D eigenvalue weighted by molar-refractivity contribution is 5.85. The van der Waals surface area contributed by atoms with Crippen LogP contribution in [0.1, 0.15) is 5.56 Å². The van der Waals surface area contributed by atoms with Gasteiger partial charge in [-0.15, -0.1) is 0 Å². The topological polar surface area (TPSA) is 35.9 Å². The number of rotatable bonds is 3. The summed E-state index contributed by atoms with van der Waals surface area (Å²) in [7, 11) is 5.12. The van der Waals surface area contributed by atoms with E-state index in [9.17, 15) is 4.79 Å². The quantitative estimate of drug-likeness (QED) is 0.564. The molecule has 0 spiro atoms. The van der Waals surface area contributed by atoms with Crippen LogP contribution in [0.4, 0.5) is 4.79 Å². The molecule has 0 saturated heterocycles. The Morgan fingerprint density at radius 1 is 1.25 bits per heavy atom. The number of carbonyl (C=O) groups is 1. The van der Waals surface area contributed by atoms with Gasteiger partial charge < -0.3 is 4.90 Å². The van der Waals surface area contributed by atoms with E-state index >= 15 is 0 Å². The summed E-state index contributed by atoms with van der Waals surface area (Å²) in [6.07, 6.45) is 1.55. The molecule has 0 bridgehead atoms. The van der Waals surface area contributed by atoms with Crippen LogP contribution in [0.3, 0.4) is 0 Å². The van der Waals surface area contributed by atoms with Crippen LogP contribution in [-0.2, 0) is 6.54 Å². The monoisotopic (exact) mass is 219 g/mol. The minimum absolute atomic E-state index is 0.0863. The van der Waals surface area contributed by atoms with Gasteiger partial charge in [-0.3, -0.25) is 9.89 Å². The van der Waals surface area contributed by atoms with Crippen LogP contribution < -0.4 is 0 Å². The molecule has 0 fully saturated rings. The van der Waals surface area contributed by atoms with Gasteiger partial charge in [0.25, 0.3) is 0 Å². The molecule has 0 saturated carbocycles. The molecule has 0 aliphatic heterocycles. The van der Waals surface area contributed by atoms with Crippen molar-refractivity contribution in [2.45, 2.75) is 6.54 Å². The number of amides is 2. The van der Waals surface area contributed by atoms with Gasteiger partial charge in [0.2, 0.25) is 0 Å². The molecule has 0 atom stereocenters. The van der Waals surface area contributed by atoms with Crippen molar-refractivity contribution in [1.29, 1.82) is 0 Å². The molecular weight excluding hydrogens is 202 g/mol. The number of nitrogens with zero attached hydrogens (tertiary/aromatic N) is 3. The summed E-state index contributed by atoms with van der Waals surface area (Å²) in [5.41, 5.74) is 1.13. The number of benzene rings is 1. The maximum Gasteiger partial charge on any atom is 0.324 e. The van der Waals surface area contributed by atoms with E-state index in [1.807, 2.05) is 30.3 Å². The number of carbonyl (C=O) groups excluding carboxylic acids is 1. The van der Waals surface area contributed by atoms with Crippen LogP contribution in [-0.4, -0.2) is 43.3 Å². The molecule has 1 rings (SSSR count). The third-order valence-electron chi connectivity index (χ3n) is 2.06. The normalized spacial score (nSPS) is 10.4. The van der Waals surface area contributed by atoms with Gasteiger partial charge in [0.1, 0.15) is 0 Å². The molecular formula is C12H17N3O. The van der Waals surface area contributed by atoms with Gasteiger partial charge in [0.05, 0.1) is 12.9 Å². The van der Waals surface area contributed by atoms with Crippen molar-refractivity contribution in [3.05, 3.63) is 35.9 Å². The van der Waals surface area contributed by atoms with E-state index in [0.29, 0.717) is 6.54 Å². The lowest BCUT2D eigenvalue weighted by Crippen LogP contribution is -2.35. The predicted molar refractivity (Wildman–Crippen MR) is 65.5 cm³/mol. The number of aliphatic imine (C=N–C) groups is 1. The molecule has 0 N–H and O–H groups in total. The summed E-state index contributed by atoms with van der Waals surface area (Å²) in [6, 6.07) is 9.83. The summed E-state index contributed by atoms with van der Waals surface area (Å²) < 4.78 is 0. The Labute approximate surface area is 96.2 Å². The molecule has 0 radical (unpaired) electrons. The largest absolute Gasteiger partial charge is 0.330 e. The van der Waals surface area contributed by atoms with E-state index < -0.39 is 0 Å². The minimum atomic E-state index is -0.0863.